The molecule has 0 saturated carbocycles. The lowest BCUT2D eigenvalue weighted by atomic mass is 9.94. The Balaban J connectivity index is 4.27. The Morgan fingerprint density at radius 3 is 2.35 bits per heavy atom. The third-order valence-corrected chi connectivity index (χ3v) is 2.75. The summed E-state index contributed by atoms with van der Waals surface area (Å²) < 4.78 is 4.46. The Morgan fingerprint density at radius 1 is 1.30 bits per heavy atom. The number of amides is 2. The van der Waals surface area contributed by atoms with Crippen molar-refractivity contribution in [2.45, 2.75) is 26.7 Å². The van der Waals surface area contributed by atoms with Gasteiger partial charge < -0.3 is 20.1 Å². The van der Waals surface area contributed by atoms with Gasteiger partial charge in [-0.25, -0.2) is 4.79 Å². The molecule has 0 rings (SSSR count). The number of hydrogen-bond donors (Lipinski definition) is 2. The van der Waals surface area contributed by atoms with Crippen LogP contribution in [0.25, 0.3) is 0 Å². The SMILES string of the molecule is COC(=O)CN(C)C(=O)NC[C@H](CC(=O)O)CC(C)C. The van der Waals surface area contributed by atoms with Crippen molar-refractivity contribution in [2.75, 3.05) is 27.2 Å². The Hall–Kier alpha value is -1.79. The van der Waals surface area contributed by atoms with Crippen LogP contribution >= 0.6 is 0 Å². The minimum absolute atomic E-state index is 0.0131. The van der Waals surface area contributed by atoms with Gasteiger partial charge in [0.25, 0.3) is 0 Å². The highest BCUT2D eigenvalue weighted by molar-refractivity contribution is 5.80. The minimum atomic E-state index is -0.882. The van der Waals surface area contributed by atoms with Gasteiger partial charge in [-0.2, -0.15) is 0 Å². The largest absolute Gasteiger partial charge is 0.481 e. The Labute approximate surface area is 119 Å². The van der Waals surface area contributed by atoms with Crippen molar-refractivity contribution in [2.24, 2.45) is 11.8 Å². The van der Waals surface area contributed by atoms with E-state index < -0.39 is 18.0 Å². The lowest BCUT2D eigenvalue weighted by Gasteiger charge is -2.21. The molecule has 116 valence electrons. The van der Waals surface area contributed by atoms with E-state index in [4.69, 9.17) is 5.11 Å². The van der Waals surface area contributed by atoms with Gasteiger partial charge in [-0.1, -0.05) is 13.8 Å². The summed E-state index contributed by atoms with van der Waals surface area (Å²) in [4.78, 5) is 34.7. The Morgan fingerprint density at radius 2 is 1.90 bits per heavy atom. The topological polar surface area (TPSA) is 95.9 Å². The maximum atomic E-state index is 11.7. The predicted octanol–water partition coefficient (Wildman–Crippen LogP) is 0.938. The number of urea groups is 1. The van der Waals surface area contributed by atoms with Gasteiger partial charge in [0.2, 0.25) is 0 Å². The number of nitrogens with one attached hydrogen (secondary N) is 1. The van der Waals surface area contributed by atoms with Crippen LogP contribution in [0.15, 0.2) is 0 Å². The molecule has 1 atom stereocenters. The molecule has 0 bridgehead atoms. The second-order valence-corrected chi connectivity index (χ2v) is 5.21. The number of aliphatic carboxylic acids is 1. The number of rotatable bonds is 8. The van der Waals surface area contributed by atoms with E-state index >= 15 is 0 Å². The summed E-state index contributed by atoms with van der Waals surface area (Å²) in [7, 11) is 2.72. The van der Waals surface area contributed by atoms with Crippen molar-refractivity contribution in [3.8, 4) is 0 Å². The quantitative estimate of drug-likeness (QED) is 0.648. The first-order valence-corrected chi connectivity index (χ1v) is 6.53. The van der Waals surface area contributed by atoms with Gasteiger partial charge in [0, 0.05) is 20.0 Å². The summed E-state index contributed by atoms with van der Waals surface area (Å²) in [6.07, 6.45) is 0.729. The van der Waals surface area contributed by atoms with E-state index in [1.165, 1.54) is 19.1 Å². The third-order valence-electron chi connectivity index (χ3n) is 2.75. The normalized spacial score (nSPS) is 11.8. The second kappa shape index (κ2) is 9.17. The highest BCUT2D eigenvalue weighted by Gasteiger charge is 2.18. The lowest BCUT2D eigenvalue weighted by molar-refractivity contribution is -0.141. The van der Waals surface area contributed by atoms with Crippen molar-refractivity contribution in [1.82, 2.24) is 10.2 Å². The minimum Gasteiger partial charge on any atom is -0.481 e. The smallest absolute Gasteiger partial charge is 0.325 e. The fourth-order valence-electron chi connectivity index (χ4n) is 1.85. The number of methoxy groups -OCH3 is 1. The van der Waals surface area contributed by atoms with Crippen molar-refractivity contribution in [1.29, 1.82) is 0 Å². The van der Waals surface area contributed by atoms with E-state index in [1.807, 2.05) is 13.8 Å². The van der Waals surface area contributed by atoms with Gasteiger partial charge in [-0.15, -0.1) is 0 Å². The molecule has 0 aliphatic heterocycles. The zero-order valence-corrected chi connectivity index (χ0v) is 12.5. The molecule has 7 nitrogen and oxygen atoms in total. The standard InChI is InChI=1S/C13H24N2O5/c1-9(2)5-10(6-11(16)17)7-14-13(19)15(3)8-12(18)20-4/h9-10H,5-8H2,1-4H3,(H,14,19)(H,16,17)/t10-/m0/s1. The zero-order valence-electron chi connectivity index (χ0n) is 12.5. The van der Waals surface area contributed by atoms with Crippen LogP contribution in [0.5, 0.6) is 0 Å². The molecule has 0 unspecified atom stereocenters. The molecule has 0 heterocycles. The average Bonchev–Trinajstić information content (AvgIpc) is 2.33. The molecule has 0 radical (unpaired) electrons. The molecule has 0 aromatic heterocycles. The van der Waals surface area contributed by atoms with Crippen LogP contribution in [-0.2, 0) is 14.3 Å². The molecule has 0 aromatic carbocycles. The van der Waals surface area contributed by atoms with Crippen molar-refractivity contribution in [3.05, 3.63) is 0 Å². The number of likely N-dealkylation sites (N-methyl/N-ethyl adjacent to an activating group) is 1. The monoisotopic (exact) mass is 288 g/mol. The van der Waals surface area contributed by atoms with Crippen LogP contribution in [0.4, 0.5) is 4.79 Å². The molecule has 0 aliphatic rings. The lowest BCUT2D eigenvalue weighted by Crippen LogP contribution is -2.42. The Kier molecular flexibility index (Phi) is 8.35. The number of carbonyl (C=O) groups is 3. The van der Waals surface area contributed by atoms with Crippen LogP contribution in [0.2, 0.25) is 0 Å². The number of nitrogens with zero attached hydrogens (tertiary/aromatic N) is 1. The number of carboxylic acid groups (broad SMARTS) is 1. The molecule has 0 aliphatic carbocycles. The molecule has 2 amide bonds. The van der Waals surface area contributed by atoms with Gasteiger partial charge in [0.1, 0.15) is 6.54 Å². The first-order chi connectivity index (χ1) is 9.26. The van der Waals surface area contributed by atoms with E-state index in [2.05, 4.69) is 10.1 Å². The first kappa shape index (κ1) is 18.2. The number of hydrogen-bond acceptors (Lipinski definition) is 4. The van der Waals surface area contributed by atoms with Gasteiger partial charge in [-0.3, -0.25) is 9.59 Å². The van der Waals surface area contributed by atoms with Gasteiger partial charge in [0.15, 0.2) is 0 Å². The fourth-order valence-corrected chi connectivity index (χ4v) is 1.85. The number of carbonyl (C=O) groups excluding carboxylic acids is 2. The zero-order chi connectivity index (χ0) is 15.7. The van der Waals surface area contributed by atoms with E-state index in [9.17, 15) is 14.4 Å². The average molecular weight is 288 g/mol. The van der Waals surface area contributed by atoms with Crippen LogP contribution in [0.1, 0.15) is 26.7 Å². The molecule has 7 heteroatoms. The van der Waals surface area contributed by atoms with Crippen LogP contribution in [0.3, 0.4) is 0 Å². The summed E-state index contributed by atoms with van der Waals surface area (Å²) >= 11 is 0. The number of esters is 1. The van der Waals surface area contributed by atoms with Crippen molar-refractivity contribution < 1.29 is 24.2 Å². The molecule has 0 aromatic rings. The summed E-state index contributed by atoms with van der Waals surface area (Å²) in [6.45, 7) is 4.13. The van der Waals surface area contributed by atoms with Crippen molar-refractivity contribution in [3.63, 3.8) is 0 Å². The summed E-state index contributed by atoms with van der Waals surface area (Å²) in [6, 6.07) is -0.422. The van der Waals surface area contributed by atoms with Gasteiger partial charge >= 0.3 is 18.0 Å². The molecule has 0 saturated heterocycles. The maximum absolute atomic E-state index is 11.7. The molecule has 2 N–H and O–H groups in total. The predicted molar refractivity (Wildman–Crippen MR) is 73.2 cm³/mol. The van der Waals surface area contributed by atoms with Crippen LogP contribution in [-0.4, -0.2) is 55.2 Å². The van der Waals surface area contributed by atoms with Gasteiger partial charge in [0.05, 0.1) is 7.11 Å². The molecule has 0 spiro atoms. The molecular formula is C13H24N2O5. The van der Waals surface area contributed by atoms with E-state index in [0.29, 0.717) is 12.3 Å². The van der Waals surface area contributed by atoms with E-state index in [-0.39, 0.29) is 25.4 Å². The first-order valence-electron chi connectivity index (χ1n) is 6.53. The number of carboxylic acids is 1. The van der Waals surface area contributed by atoms with Crippen LogP contribution in [0, 0.1) is 11.8 Å². The Bertz CT molecular complexity index is 344. The van der Waals surface area contributed by atoms with Crippen molar-refractivity contribution >= 4 is 18.0 Å². The molecule has 20 heavy (non-hydrogen) atoms. The van der Waals surface area contributed by atoms with Gasteiger partial charge in [-0.05, 0) is 18.3 Å². The van der Waals surface area contributed by atoms with E-state index in [1.54, 1.807) is 0 Å². The summed E-state index contributed by atoms with van der Waals surface area (Å²) in [5.41, 5.74) is 0. The molecular weight excluding hydrogens is 264 g/mol. The van der Waals surface area contributed by atoms with E-state index in [0.717, 1.165) is 0 Å². The molecule has 0 fully saturated rings. The highest BCUT2D eigenvalue weighted by Crippen LogP contribution is 2.14. The summed E-state index contributed by atoms with van der Waals surface area (Å²) in [5, 5.41) is 11.5. The highest BCUT2D eigenvalue weighted by atomic mass is 16.5. The maximum Gasteiger partial charge on any atom is 0.325 e. The second-order valence-electron chi connectivity index (χ2n) is 5.21. The number of ether oxygens (including phenoxy) is 1. The van der Waals surface area contributed by atoms with Crippen LogP contribution < -0.4 is 5.32 Å². The fraction of sp³-hybridized carbons (Fsp3) is 0.769. The third kappa shape index (κ3) is 8.34. The summed E-state index contributed by atoms with van der Waals surface area (Å²) in [5.74, 6) is -1.16.